The van der Waals surface area contributed by atoms with E-state index in [9.17, 15) is 9.90 Å². The van der Waals surface area contributed by atoms with E-state index in [1.165, 1.54) is 18.4 Å². The summed E-state index contributed by atoms with van der Waals surface area (Å²) >= 11 is 1.53. The summed E-state index contributed by atoms with van der Waals surface area (Å²) in [4.78, 5) is 19.5. The number of hydrogen-bond acceptors (Lipinski definition) is 7. The Morgan fingerprint density at radius 2 is 2.35 bits per heavy atom. The summed E-state index contributed by atoms with van der Waals surface area (Å²) in [5.74, 6) is -0.109. The zero-order valence-corrected chi connectivity index (χ0v) is 12.0. The maximum atomic E-state index is 11.4. The average molecular weight is 293 g/mol. The van der Waals surface area contributed by atoms with E-state index in [2.05, 4.69) is 20.0 Å². The van der Waals surface area contributed by atoms with Crippen molar-refractivity contribution in [2.75, 3.05) is 19.0 Å². The highest BCUT2D eigenvalue weighted by molar-refractivity contribution is 7.07. The van der Waals surface area contributed by atoms with Crippen molar-refractivity contribution in [2.45, 2.75) is 13.0 Å². The third kappa shape index (κ3) is 3.52. The van der Waals surface area contributed by atoms with Gasteiger partial charge in [0.15, 0.2) is 0 Å². The van der Waals surface area contributed by atoms with Crippen molar-refractivity contribution in [3.63, 3.8) is 0 Å². The number of carbonyl (C=O) groups excluding carboxylic acids is 1. The summed E-state index contributed by atoms with van der Waals surface area (Å²) in [6, 6.07) is 3.56. The number of thiophene rings is 1. The van der Waals surface area contributed by atoms with Crippen LogP contribution < -0.4 is 5.32 Å². The molecule has 0 aromatic carbocycles. The monoisotopic (exact) mass is 293 g/mol. The molecule has 0 radical (unpaired) electrons. The first-order chi connectivity index (χ1) is 9.60. The first-order valence-electron chi connectivity index (χ1n) is 5.98. The molecule has 0 aliphatic rings. The van der Waals surface area contributed by atoms with E-state index in [1.807, 2.05) is 16.8 Å². The molecule has 0 aliphatic carbocycles. The number of rotatable bonds is 5. The Balaban J connectivity index is 2.06. The SMILES string of the molecule is COC(=O)c1nc(C)cc(NCC(O)c2ccsc2)n1. The van der Waals surface area contributed by atoms with Gasteiger partial charge in [-0.2, -0.15) is 11.3 Å². The van der Waals surface area contributed by atoms with Gasteiger partial charge in [-0.3, -0.25) is 0 Å². The maximum absolute atomic E-state index is 11.4. The molecule has 2 aromatic rings. The topological polar surface area (TPSA) is 84.3 Å². The van der Waals surface area contributed by atoms with Crippen LogP contribution in [0.15, 0.2) is 22.9 Å². The third-order valence-electron chi connectivity index (χ3n) is 2.63. The van der Waals surface area contributed by atoms with Gasteiger partial charge in [0.2, 0.25) is 5.82 Å². The van der Waals surface area contributed by atoms with Crippen molar-refractivity contribution in [3.8, 4) is 0 Å². The number of aromatic nitrogens is 2. The molecule has 106 valence electrons. The summed E-state index contributed by atoms with van der Waals surface area (Å²) in [6.45, 7) is 2.06. The second kappa shape index (κ2) is 6.44. The van der Waals surface area contributed by atoms with Crippen LogP contribution in [0.3, 0.4) is 0 Å². The molecule has 20 heavy (non-hydrogen) atoms. The molecule has 0 amide bonds. The van der Waals surface area contributed by atoms with E-state index < -0.39 is 12.1 Å². The number of carbonyl (C=O) groups is 1. The molecule has 0 aliphatic heterocycles. The number of nitrogens with one attached hydrogen (secondary N) is 1. The molecule has 2 N–H and O–H groups in total. The average Bonchev–Trinajstić information content (AvgIpc) is 2.97. The Labute approximate surface area is 120 Å². The van der Waals surface area contributed by atoms with Crippen LogP contribution in [0, 0.1) is 6.92 Å². The van der Waals surface area contributed by atoms with Gasteiger partial charge in [-0.15, -0.1) is 0 Å². The second-order valence-electron chi connectivity index (χ2n) is 4.16. The van der Waals surface area contributed by atoms with Gasteiger partial charge in [-0.25, -0.2) is 14.8 Å². The minimum absolute atomic E-state index is 0.0000214. The third-order valence-corrected chi connectivity index (χ3v) is 3.33. The van der Waals surface area contributed by atoms with Crippen molar-refractivity contribution in [2.24, 2.45) is 0 Å². The van der Waals surface area contributed by atoms with E-state index in [0.717, 1.165) is 5.56 Å². The lowest BCUT2D eigenvalue weighted by atomic mass is 10.2. The number of aryl methyl sites for hydroxylation is 1. The summed E-state index contributed by atoms with van der Waals surface area (Å²) in [7, 11) is 1.28. The quantitative estimate of drug-likeness (QED) is 0.817. The fraction of sp³-hybridized carbons (Fsp3) is 0.308. The Bertz CT molecular complexity index is 587. The molecule has 1 unspecified atom stereocenters. The number of esters is 1. The molecule has 0 fully saturated rings. The Hall–Kier alpha value is -1.99. The predicted octanol–water partition coefficient (Wildman–Crippen LogP) is 1.78. The Morgan fingerprint density at radius 3 is 3.00 bits per heavy atom. The maximum Gasteiger partial charge on any atom is 0.376 e. The predicted molar refractivity (Wildman–Crippen MR) is 75.9 cm³/mol. The van der Waals surface area contributed by atoms with Crippen LogP contribution in [0.25, 0.3) is 0 Å². The van der Waals surface area contributed by atoms with Crippen molar-refractivity contribution in [3.05, 3.63) is 40.0 Å². The second-order valence-corrected chi connectivity index (χ2v) is 4.94. The minimum atomic E-state index is -0.627. The van der Waals surface area contributed by atoms with E-state index in [0.29, 0.717) is 18.1 Å². The molecule has 6 nitrogen and oxygen atoms in total. The number of aliphatic hydroxyl groups is 1. The van der Waals surface area contributed by atoms with Crippen LogP contribution >= 0.6 is 11.3 Å². The Kier molecular flexibility index (Phi) is 4.65. The summed E-state index contributed by atoms with van der Waals surface area (Å²) in [6.07, 6.45) is -0.627. The number of anilines is 1. The van der Waals surface area contributed by atoms with Crippen molar-refractivity contribution in [1.29, 1.82) is 0 Å². The number of methoxy groups -OCH3 is 1. The number of nitrogens with zero attached hydrogens (tertiary/aromatic N) is 2. The lowest BCUT2D eigenvalue weighted by molar-refractivity contribution is 0.0586. The number of ether oxygens (including phenoxy) is 1. The zero-order chi connectivity index (χ0) is 14.5. The molecule has 2 heterocycles. The molecule has 0 saturated heterocycles. The highest BCUT2D eigenvalue weighted by Gasteiger charge is 2.13. The van der Waals surface area contributed by atoms with Crippen LogP contribution in [0.1, 0.15) is 28.0 Å². The van der Waals surface area contributed by atoms with Gasteiger partial charge in [-0.1, -0.05) is 0 Å². The van der Waals surface area contributed by atoms with Crippen LogP contribution in [-0.4, -0.2) is 34.7 Å². The zero-order valence-electron chi connectivity index (χ0n) is 11.2. The van der Waals surface area contributed by atoms with Crippen molar-refractivity contribution >= 4 is 23.1 Å². The standard InChI is InChI=1S/C13H15N3O3S/c1-8-5-11(16-12(15-8)13(18)19-2)14-6-10(17)9-3-4-20-7-9/h3-5,7,10,17H,6H2,1-2H3,(H,14,15,16). The van der Waals surface area contributed by atoms with Gasteiger partial charge in [0.1, 0.15) is 5.82 Å². The normalized spacial score (nSPS) is 11.9. The minimum Gasteiger partial charge on any atom is -0.463 e. The van der Waals surface area contributed by atoms with E-state index in [-0.39, 0.29) is 5.82 Å². The first kappa shape index (κ1) is 14.4. The Morgan fingerprint density at radius 1 is 1.55 bits per heavy atom. The van der Waals surface area contributed by atoms with Crippen LogP contribution in [0.5, 0.6) is 0 Å². The molecular weight excluding hydrogens is 278 g/mol. The smallest absolute Gasteiger partial charge is 0.376 e. The summed E-state index contributed by atoms with van der Waals surface area (Å²) in [5, 5.41) is 16.8. The molecule has 2 rings (SSSR count). The fourth-order valence-electron chi connectivity index (χ4n) is 1.63. The van der Waals surface area contributed by atoms with Gasteiger partial charge >= 0.3 is 5.97 Å². The molecule has 0 spiro atoms. The number of hydrogen-bond donors (Lipinski definition) is 2. The largest absolute Gasteiger partial charge is 0.463 e. The van der Waals surface area contributed by atoms with Gasteiger partial charge in [0.25, 0.3) is 0 Å². The van der Waals surface area contributed by atoms with Crippen molar-refractivity contribution < 1.29 is 14.6 Å². The highest BCUT2D eigenvalue weighted by atomic mass is 32.1. The van der Waals surface area contributed by atoms with Crippen LogP contribution in [0.4, 0.5) is 5.82 Å². The molecule has 2 aromatic heterocycles. The van der Waals surface area contributed by atoms with Crippen molar-refractivity contribution in [1.82, 2.24) is 9.97 Å². The van der Waals surface area contributed by atoms with Gasteiger partial charge < -0.3 is 15.2 Å². The first-order valence-corrected chi connectivity index (χ1v) is 6.92. The molecule has 7 heteroatoms. The fourth-order valence-corrected chi connectivity index (χ4v) is 2.33. The molecule has 1 atom stereocenters. The number of aliphatic hydroxyl groups excluding tert-OH is 1. The molecule has 0 bridgehead atoms. The van der Waals surface area contributed by atoms with Gasteiger partial charge in [0, 0.05) is 18.3 Å². The van der Waals surface area contributed by atoms with E-state index in [4.69, 9.17) is 0 Å². The summed E-state index contributed by atoms with van der Waals surface area (Å²) in [5.41, 5.74) is 1.49. The van der Waals surface area contributed by atoms with Crippen LogP contribution in [-0.2, 0) is 4.74 Å². The van der Waals surface area contributed by atoms with Crippen LogP contribution in [0.2, 0.25) is 0 Å². The van der Waals surface area contributed by atoms with E-state index in [1.54, 1.807) is 13.0 Å². The van der Waals surface area contributed by atoms with Gasteiger partial charge in [-0.05, 0) is 29.3 Å². The lowest BCUT2D eigenvalue weighted by Crippen LogP contribution is -2.15. The van der Waals surface area contributed by atoms with E-state index >= 15 is 0 Å². The summed E-state index contributed by atoms with van der Waals surface area (Å²) < 4.78 is 4.59. The van der Waals surface area contributed by atoms with Gasteiger partial charge in [0.05, 0.1) is 13.2 Å². The highest BCUT2D eigenvalue weighted by Crippen LogP contribution is 2.17. The molecule has 0 saturated carbocycles. The lowest BCUT2D eigenvalue weighted by Gasteiger charge is -2.11. The molecular formula is C13H15N3O3S.